The van der Waals surface area contributed by atoms with Crippen LogP contribution in [0.2, 0.25) is 0 Å². The summed E-state index contributed by atoms with van der Waals surface area (Å²) in [5.41, 5.74) is -0.637. The minimum Gasteiger partial charge on any atom is -0.376 e. The molecule has 0 bridgehead atoms. The van der Waals surface area contributed by atoms with E-state index in [1.54, 1.807) is 4.90 Å². The number of nitrogens with zero attached hydrogens (tertiary/aromatic N) is 1. The summed E-state index contributed by atoms with van der Waals surface area (Å²) in [7, 11) is 0. The maximum absolute atomic E-state index is 13.7. The van der Waals surface area contributed by atoms with Crippen LogP contribution in [0.15, 0.2) is 18.2 Å². The summed E-state index contributed by atoms with van der Waals surface area (Å²) in [6.45, 7) is 5.15. The van der Waals surface area contributed by atoms with Crippen molar-refractivity contribution in [3.8, 4) is 0 Å². The smallest absolute Gasteiger partial charge is 0.376 e. The van der Waals surface area contributed by atoms with Crippen molar-refractivity contribution >= 4 is 17.3 Å². The third-order valence-corrected chi connectivity index (χ3v) is 4.44. The summed E-state index contributed by atoms with van der Waals surface area (Å²) in [5.74, 6) is -0.524. The fourth-order valence-corrected chi connectivity index (χ4v) is 3.35. The Labute approximate surface area is 155 Å². The van der Waals surface area contributed by atoms with Crippen LogP contribution in [0.1, 0.15) is 19.4 Å². The predicted octanol–water partition coefficient (Wildman–Crippen LogP) is 2.67. The minimum atomic E-state index is -4.55. The number of morpholine rings is 1. The van der Waals surface area contributed by atoms with Gasteiger partial charge in [-0.2, -0.15) is 13.2 Å². The number of carbonyl (C=O) groups is 1. The molecule has 2 fully saturated rings. The fourth-order valence-electron chi connectivity index (χ4n) is 3.35. The second kappa shape index (κ2) is 8.04. The SMILES string of the molecule is C[C@@H]1CN(c2ccc(NC(=O)[C@@H]3COCCO3)cc2C(F)(F)F)C[C@@H](C)O1. The lowest BCUT2D eigenvalue weighted by atomic mass is 10.1. The Kier molecular flexibility index (Phi) is 5.92. The van der Waals surface area contributed by atoms with E-state index in [0.717, 1.165) is 6.07 Å². The Hall–Kier alpha value is -1.84. The summed E-state index contributed by atoms with van der Waals surface area (Å²) >= 11 is 0. The largest absolute Gasteiger partial charge is 0.418 e. The number of alkyl halides is 3. The number of nitrogens with one attached hydrogen (secondary N) is 1. The van der Waals surface area contributed by atoms with Crippen LogP contribution in [-0.4, -0.2) is 57.1 Å². The van der Waals surface area contributed by atoms with Gasteiger partial charge >= 0.3 is 6.18 Å². The van der Waals surface area contributed by atoms with Crippen LogP contribution in [0.25, 0.3) is 0 Å². The molecule has 1 aromatic carbocycles. The van der Waals surface area contributed by atoms with E-state index in [-0.39, 0.29) is 36.8 Å². The normalized spacial score (nSPS) is 26.7. The van der Waals surface area contributed by atoms with Crippen molar-refractivity contribution in [3.63, 3.8) is 0 Å². The molecule has 0 aliphatic carbocycles. The first-order valence-corrected chi connectivity index (χ1v) is 8.86. The van der Waals surface area contributed by atoms with Crippen molar-refractivity contribution < 1.29 is 32.2 Å². The number of halogens is 3. The first-order chi connectivity index (χ1) is 12.7. The van der Waals surface area contributed by atoms with Gasteiger partial charge in [-0.25, -0.2) is 0 Å². The maximum atomic E-state index is 13.7. The van der Waals surface area contributed by atoms with Crippen molar-refractivity contribution in [3.05, 3.63) is 23.8 Å². The van der Waals surface area contributed by atoms with Crippen molar-refractivity contribution in [1.82, 2.24) is 0 Å². The number of anilines is 2. The summed E-state index contributed by atoms with van der Waals surface area (Å²) in [6.07, 6.45) is -5.71. The molecule has 0 aromatic heterocycles. The van der Waals surface area contributed by atoms with Crippen molar-refractivity contribution in [2.75, 3.05) is 43.1 Å². The third kappa shape index (κ3) is 4.91. The first-order valence-electron chi connectivity index (χ1n) is 8.86. The van der Waals surface area contributed by atoms with Gasteiger partial charge in [0.2, 0.25) is 0 Å². The van der Waals surface area contributed by atoms with E-state index in [4.69, 9.17) is 14.2 Å². The van der Waals surface area contributed by atoms with Gasteiger partial charge in [0.25, 0.3) is 5.91 Å². The molecule has 2 saturated heterocycles. The Morgan fingerprint density at radius 3 is 2.48 bits per heavy atom. The molecule has 3 rings (SSSR count). The molecule has 2 heterocycles. The molecule has 1 aromatic rings. The molecule has 0 unspecified atom stereocenters. The van der Waals surface area contributed by atoms with Crippen LogP contribution in [0.5, 0.6) is 0 Å². The van der Waals surface area contributed by atoms with Crippen molar-refractivity contribution in [2.45, 2.75) is 38.3 Å². The lowest BCUT2D eigenvalue weighted by molar-refractivity contribution is -0.142. The Bertz CT molecular complexity index is 667. The molecule has 0 saturated carbocycles. The van der Waals surface area contributed by atoms with Gasteiger partial charge in [0.15, 0.2) is 6.10 Å². The van der Waals surface area contributed by atoms with E-state index in [0.29, 0.717) is 19.7 Å². The summed E-state index contributed by atoms with van der Waals surface area (Å²) in [6, 6.07) is 3.82. The van der Waals surface area contributed by atoms with E-state index < -0.39 is 23.8 Å². The van der Waals surface area contributed by atoms with E-state index in [1.807, 2.05) is 13.8 Å². The highest BCUT2D eigenvalue weighted by Gasteiger charge is 2.37. The van der Waals surface area contributed by atoms with E-state index in [1.165, 1.54) is 12.1 Å². The molecule has 150 valence electrons. The lowest BCUT2D eigenvalue weighted by Crippen LogP contribution is -2.46. The van der Waals surface area contributed by atoms with Gasteiger partial charge in [0.1, 0.15) is 0 Å². The highest BCUT2D eigenvalue weighted by Crippen LogP contribution is 2.39. The van der Waals surface area contributed by atoms with Gasteiger partial charge in [0, 0.05) is 24.5 Å². The monoisotopic (exact) mass is 388 g/mol. The van der Waals surface area contributed by atoms with E-state index in [2.05, 4.69) is 5.32 Å². The molecular formula is C18H23F3N2O4. The van der Waals surface area contributed by atoms with Crippen LogP contribution in [0, 0.1) is 0 Å². The number of benzene rings is 1. The molecule has 9 heteroatoms. The number of hydrogen-bond donors (Lipinski definition) is 1. The highest BCUT2D eigenvalue weighted by atomic mass is 19.4. The molecule has 1 amide bonds. The van der Waals surface area contributed by atoms with Gasteiger partial charge in [-0.05, 0) is 32.0 Å². The highest BCUT2D eigenvalue weighted by molar-refractivity contribution is 5.94. The van der Waals surface area contributed by atoms with Crippen LogP contribution in [-0.2, 0) is 25.2 Å². The lowest BCUT2D eigenvalue weighted by Gasteiger charge is -2.38. The maximum Gasteiger partial charge on any atom is 0.418 e. The van der Waals surface area contributed by atoms with E-state index >= 15 is 0 Å². The third-order valence-electron chi connectivity index (χ3n) is 4.44. The molecule has 0 radical (unpaired) electrons. The molecule has 6 nitrogen and oxygen atoms in total. The average molecular weight is 388 g/mol. The van der Waals surface area contributed by atoms with Gasteiger partial charge in [-0.1, -0.05) is 0 Å². The molecule has 3 atom stereocenters. The minimum absolute atomic E-state index is 0.0691. The Morgan fingerprint density at radius 1 is 1.19 bits per heavy atom. The van der Waals surface area contributed by atoms with Crippen LogP contribution in [0.4, 0.5) is 24.5 Å². The Morgan fingerprint density at radius 2 is 1.89 bits per heavy atom. The molecule has 2 aliphatic rings. The van der Waals surface area contributed by atoms with Crippen LogP contribution < -0.4 is 10.2 Å². The van der Waals surface area contributed by atoms with Gasteiger partial charge in [0.05, 0.1) is 37.6 Å². The van der Waals surface area contributed by atoms with Crippen LogP contribution >= 0.6 is 0 Å². The standard InChI is InChI=1S/C18H23F3N2O4/c1-11-8-23(9-12(2)27-11)15-4-3-13(7-14(15)18(19,20)21)22-17(24)16-10-25-5-6-26-16/h3-4,7,11-12,16H,5-6,8-10H2,1-2H3,(H,22,24)/t11-,12-,16+/m1/s1. The molecule has 27 heavy (non-hydrogen) atoms. The van der Waals surface area contributed by atoms with Gasteiger partial charge in [-0.3, -0.25) is 4.79 Å². The predicted molar refractivity (Wildman–Crippen MR) is 92.9 cm³/mol. The molecule has 0 spiro atoms. The van der Waals surface area contributed by atoms with E-state index in [9.17, 15) is 18.0 Å². The zero-order valence-electron chi connectivity index (χ0n) is 15.2. The topological polar surface area (TPSA) is 60.0 Å². The molecule has 2 aliphatic heterocycles. The van der Waals surface area contributed by atoms with Crippen molar-refractivity contribution in [2.24, 2.45) is 0 Å². The number of carbonyl (C=O) groups excluding carboxylic acids is 1. The van der Waals surface area contributed by atoms with Gasteiger partial charge in [-0.15, -0.1) is 0 Å². The molecular weight excluding hydrogens is 365 g/mol. The quantitative estimate of drug-likeness (QED) is 0.863. The molecule has 1 N–H and O–H groups in total. The first kappa shape index (κ1) is 19.9. The van der Waals surface area contributed by atoms with Gasteiger partial charge < -0.3 is 24.4 Å². The second-order valence-corrected chi connectivity index (χ2v) is 6.82. The second-order valence-electron chi connectivity index (χ2n) is 6.82. The summed E-state index contributed by atoms with van der Waals surface area (Å²) < 4.78 is 57.0. The zero-order chi connectivity index (χ0) is 19.6. The summed E-state index contributed by atoms with van der Waals surface area (Å²) in [4.78, 5) is 13.8. The summed E-state index contributed by atoms with van der Waals surface area (Å²) in [5, 5.41) is 2.48. The van der Waals surface area contributed by atoms with Crippen molar-refractivity contribution in [1.29, 1.82) is 0 Å². The fraction of sp³-hybridized carbons (Fsp3) is 0.611. The average Bonchev–Trinajstić information content (AvgIpc) is 2.61. The number of hydrogen-bond acceptors (Lipinski definition) is 5. The zero-order valence-corrected chi connectivity index (χ0v) is 15.2. The Balaban J connectivity index is 1.82. The number of amides is 1. The van der Waals surface area contributed by atoms with Crippen LogP contribution in [0.3, 0.4) is 0 Å². The number of ether oxygens (including phenoxy) is 3. The number of rotatable bonds is 3.